The van der Waals surface area contributed by atoms with Gasteiger partial charge in [-0.05, 0) is 30.7 Å². The normalized spacial score (nSPS) is 11.8. The third-order valence-corrected chi connectivity index (χ3v) is 3.78. The largest absolute Gasteiger partial charge is 0.377 e. The molecule has 0 saturated carbocycles. The highest BCUT2D eigenvalue weighted by atomic mass is 35.5. The number of hydrogen-bond acceptors (Lipinski definition) is 2. The highest BCUT2D eigenvalue weighted by molar-refractivity contribution is 6.42. The monoisotopic (exact) mass is 308 g/mol. The van der Waals surface area contributed by atoms with Gasteiger partial charge in [0.15, 0.2) is 0 Å². The van der Waals surface area contributed by atoms with E-state index >= 15 is 0 Å². The first-order chi connectivity index (χ1) is 9.54. The van der Waals surface area contributed by atoms with Gasteiger partial charge in [-0.3, -0.25) is 0 Å². The van der Waals surface area contributed by atoms with Crippen molar-refractivity contribution in [2.24, 2.45) is 0 Å². The first-order valence-corrected chi connectivity index (χ1v) is 6.69. The third kappa shape index (κ3) is 2.87. The van der Waals surface area contributed by atoms with E-state index < -0.39 is 5.82 Å². The summed E-state index contributed by atoms with van der Waals surface area (Å²) in [7, 11) is 0. The van der Waals surface area contributed by atoms with E-state index in [9.17, 15) is 4.39 Å². The SMILES string of the molecule is CC(Nc1cccc(F)c1C#N)c1cccc(Cl)c1Cl. The first kappa shape index (κ1) is 14.6. The van der Waals surface area contributed by atoms with E-state index in [0.717, 1.165) is 5.56 Å². The molecule has 0 fully saturated rings. The van der Waals surface area contributed by atoms with Gasteiger partial charge in [0.25, 0.3) is 0 Å². The molecule has 0 aliphatic carbocycles. The summed E-state index contributed by atoms with van der Waals surface area (Å²) < 4.78 is 13.5. The molecule has 0 saturated heterocycles. The summed E-state index contributed by atoms with van der Waals surface area (Å²) in [6.45, 7) is 1.86. The van der Waals surface area contributed by atoms with Gasteiger partial charge in [0.1, 0.15) is 17.4 Å². The van der Waals surface area contributed by atoms with Gasteiger partial charge in [-0.1, -0.05) is 41.4 Å². The number of anilines is 1. The molecular weight excluding hydrogens is 298 g/mol. The second-order valence-electron chi connectivity index (χ2n) is 4.28. The maximum absolute atomic E-state index is 13.5. The molecule has 1 atom stereocenters. The summed E-state index contributed by atoms with van der Waals surface area (Å²) >= 11 is 12.1. The van der Waals surface area contributed by atoms with Gasteiger partial charge in [-0.25, -0.2) is 4.39 Å². The van der Waals surface area contributed by atoms with Gasteiger partial charge in [0.2, 0.25) is 0 Å². The lowest BCUT2D eigenvalue weighted by Crippen LogP contribution is -2.09. The molecule has 5 heteroatoms. The molecule has 20 heavy (non-hydrogen) atoms. The topological polar surface area (TPSA) is 35.8 Å². The Hall–Kier alpha value is -1.76. The van der Waals surface area contributed by atoms with Crippen molar-refractivity contribution in [3.8, 4) is 6.07 Å². The molecule has 0 aliphatic heterocycles. The fraction of sp³-hybridized carbons (Fsp3) is 0.133. The number of halogens is 3. The lowest BCUT2D eigenvalue weighted by Gasteiger charge is -2.18. The number of nitriles is 1. The number of nitrogens with zero attached hydrogens (tertiary/aromatic N) is 1. The summed E-state index contributed by atoms with van der Waals surface area (Å²) in [4.78, 5) is 0. The molecule has 2 nitrogen and oxygen atoms in total. The van der Waals surface area contributed by atoms with E-state index in [1.54, 1.807) is 24.3 Å². The van der Waals surface area contributed by atoms with Crippen LogP contribution >= 0.6 is 23.2 Å². The molecule has 102 valence electrons. The van der Waals surface area contributed by atoms with Crippen molar-refractivity contribution in [2.75, 3.05) is 5.32 Å². The van der Waals surface area contributed by atoms with Crippen LogP contribution in [0.15, 0.2) is 36.4 Å². The van der Waals surface area contributed by atoms with Gasteiger partial charge in [-0.2, -0.15) is 5.26 Å². The Morgan fingerprint density at radius 2 is 1.90 bits per heavy atom. The zero-order valence-corrected chi connectivity index (χ0v) is 12.1. The van der Waals surface area contributed by atoms with E-state index in [-0.39, 0.29) is 11.6 Å². The van der Waals surface area contributed by atoms with Crippen molar-refractivity contribution in [1.29, 1.82) is 5.26 Å². The summed E-state index contributed by atoms with van der Waals surface area (Å²) in [5.41, 5.74) is 1.20. The summed E-state index contributed by atoms with van der Waals surface area (Å²) in [5.74, 6) is -0.554. The van der Waals surface area contributed by atoms with Crippen LogP contribution in [0, 0.1) is 17.1 Å². The molecule has 0 bridgehead atoms. The lowest BCUT2D eigenvalue weighted by atomic mass is 10.1. The van der Waals surface area contributed by atoms with Crippen molar-refractivity contribution in [1.82, 2.24) is 0 Å². The van der Waals surface area contributed by atoms with Gasteiger partial charge >= 0.3 is 0 Å². The molecule has 1 unspecified atom stereocenters. The average molecular weight is 309 g/mol. The number of hydrogen-bond donors (Lipinski definition) is 1. The Labute approximate surface area is 126 Å². The van der Waals surface area contributed by atoms with Crippen molar-refractivity contribution in [3.63, 3.8) is 0 Å². The van der Waals surface area contributed by atoms with E-state index in [1.165, 1.54) is 6.07 Å². The molecule has 0 aliphatic rings. The molecule has 0 radical (unpaired) electrons. The van der Waals surface area contributed by atoms with Crippen LogP contribution in [0.1, 0.15) is 24.1 Å². The smallest absolute Gasteiger partial charge is 0.143 e. The maximum Gasteiger partial charge on any atom is 0.143 e. The number of benzene rings is 2. The maximum atomic E-state index is 13.5. The van der Waals surface area contributed by atoms with Crippen LogP contribution in [0.25, 0.3) is 0 Å². The van der Waals surface area contributed by atoms with Crippen LogP contribution in [0.3, 0.4) is 0 Å². The standard InChI is InChI=1S/C15H11Cl2FN2/c1-9(10-4-2-5-12(16)15(10)17)20-14-7-3-6-13(18)11(14)8-19/h2-7,9,20H,1H3. The number of nitrogens with one attached hydrogen (secondary N) is 1. The minimum Gasteiger partial charge on any atom is -0.377 e. The Morgan fingerprint density at radius 1 is 1.20 bits per heavy atom. The van der Waals surface area contributed by atoms with Crippen LogP contribution in [-0.4, -0.2) is 0 Å². The van der Waals surface area contributed by atoms with E-state index in [0.29, 0.717) is 15.7 Å². The Morgan fingerprint density at radius 3 is 2.60 bits per heavy atom. The van der Waals surface area contributed by atoms with Crippen molar-refractivity contribution < 1.29 is 4.39 Å². The van der Waals surface area contributed by atoms with Gasteiger partial charge in [0, 0.05) is 0 Å². The van der Waals surface area contributed by atoms with Crippen LogP contribution < -0.4 is 5.32 Å². The van der Waals surface area contributed by atoms with Crippen LogP contribution in [0.4, 0.5) is 10.1 Å². The molecule has 0 aromatic heterocycles. The molecule has 0 amide bonds. The number of rotatable bonds is 3. The average Bonchev–Trinajstić information content (AvgIpc) is 2.42. The molecule has 2 aromatic rings. The van der Waals surface area contributed by atoms with E-state index in [2.05, 4.69) is 5.32 Å². The predicted molar refractivity (Wildman–Crippen MR) is 79.6 cm³/mol. The highest BCUT2D eigenvalue weighted by Gasteiger charge is 2.14. The lowest BCUT2D eigenvalue weighted by molar-refractivity contribution is 0.624. The summed E-state index contributed by atoms with van der Waals surface area (Å²) in [6.07, 6.45) is 0. The van der Waals surface area contributed by atoms with Crippen LogP contribution in [0.2, 0.25) is 10.0 Å². The molecule has 0 spiro atoms. The zero-order valence-electron chi connectivity index (χ0n) is 10.6. The minimum atomic E-state index is -0.554. The van der Waals surface area contributed by atoms with E-state index in [4.69, 9.17) is 28.5 Å². The van der Waals surface area contributed by atoms with Crippen LogP contribution in [-0.2, 0) is 0 Å². The Kier molecular flexibility index (Phi) is 4.49. The quantitative estimate of drug-likeness (QED) is 0.848. The van der Waals surface area contributed by atoms with Gasteiger partial charge in [0.05, 0.1) is 21.8 Å². The summed E-state index contributed by atoms with van der Waals surface area (Å²) in [6, 6.07) is 11.4. The summed E-state index contributed by atoms with van der Waals surface area (Å²) in [5, 5.41) is 13.0. The molecular formula is C15H11Cl2FN2. The molecule has 1 N–H and O–H groups in total. The van der Waals surface area contributed by atoms with Gasteiger partial charge < -0.3 is 5.32 Å². The zero-order chi connectivity index (χ0) is 14.7. The fourth-order valence-corrected chi connectivity index (χ4v) is 2.40. The fourth-order valence-electron chi connectivity index (χ4n) is 1.92. The molecule has 2 aromatic carbocycles. The first-order valence-electron chi connectivity index (χ1n) is 5.93. The van der Waals surface area contributed by atoms with Gasteiger partial charge in [-0.15, -0.1) is 0 Å². The van der Waals surface area contributed by atoms with Crippen molar-refractivity contribution >= 4 is 28.9 Å². The van der Waals surface area contributed by atoms with Crippen molar-refractivity contribution in [3.05, 3.63) is 63.4 Å². The predicted octanol–water partition coefficient (Wildman–Crippen LogP) is 5.18. The van der Waals surface area contributed by atoms with E-state index in [1.807, 2.05) is 19.1 Å². The highest BCUT2D eigenvalue weighted by Crippen LogP contribution is 2.32. The molecule has 2 rings (SSSR count). The third-order valence-electron chi connectivity index (χ3n) is 2.95. The Balaban J connectivity index is 2.33. The van der Waals surface area contributed by atoms with Crippen LogP contribution in [0.5, 0.6) is 0 Å². The second-order valence-corrected chi connectivity index (χ2v) is 5.07. The molecule has 0 heterocycles. The minimum absolute atomic E-state index is 0.0162. The Bertz CT molecular complexity index is 680. The second kappa shape index (κ2) is 6.13. The van der Waals surface area contributed by atoms with Crippen molar-refractivity contribution in [2.45, 2.75) is 13.0 Å².